The van der Waals surface area contributed by atoms with Crippen LogP contribution in [0.3, 0.4) is 0 Å². The van der Waals surface area contributed by atoms with Gasteiger partial charge in [-0.3, -0.25) is 14.8 Å². The lowest BCUT2D eigenvalue weighted by Gasteiger charge is -2.36. The summed E-state index contributed by atoms with van der Waals surface area (Å²) in [6.07, 6.45) is 2.20. The fraction of sp³-hybridized carbons (Fsp3) is 0.522. The minimum Gasteiger partial charge on any atom is -0.487 e. The van der Waals surface area contributed by atoms with Crippen LogP contribution in [0.15, 0.2) is 48.7 Å². The molecule has 0 spiro atoms. The standard InChI is InChI=1S/C23H29F2N3O2/c24-23(25)9-13-27(14-10-23)17-22(29)8-12-28(18-22)15-19-4-6-21(7-5-19)30-16-20-3-1-2-11-26-20/h1-7,11,29H,8-10,12-18H2/t22-/m0/s1. The maximum Gasteiger partial charge on any atom is 0.250 e. The number of hydrogen-bond acceptors (Lipinski definition) is 5. The molecule has 0 saturated carbocycles. The van der Waals surface area contributed by atoms with E-state index in [1.165, 1.54) is 0 Å². The van der Waals surface area contributed by atoms with Gasteiger partial charge < -0.3 is 9.84 Å². The van der Waals surface area contributed by atoms with Crippen molar-refractivity contribution in [2.24, 2.45) is 0 Å². The molecule has 162 valence electrons. The van der Waals surface area contributed by atoms with E-state index in [-0.39, 0.29) is 12.8 Å². The Balaban J connectivity index is 1.24. The second-order valence-electron chi connectivity index (χ2n) is 8.57. The topological polar surface area (TPSA) is 48.8 Å². The van der Waals surface area contributed by atoms with Crippen molar-refractivity contribution in [2.75, 3.05) is 32.7 Å². The molecular formula is C23H29F2N3O2. The molecule has 1 atom stereocenters. The number of alkyl halides is 2. The molecule has 4 rings (SSSR count). The molecule has 5 nitrogen and oxygen atoms in total. The average Bonchev–Trinajstić information content (AvgIpc) is 3.10. The van der Waals surface area contributed by atoms with E-state index in [4.69, 9.17) is 4.74 Å². The van der Waals surface area contributed by atoms with E-state index in [1.807, 2.05) is 47.4 Å². The van der Waals surface area contributed by atoms with Crippen LogP contribution in [0.2, 0.25) is 0 Å². The number of aromatic nitrogens is 1. The quantitative estimate of drug-likeness (QED) is 0.749. The third-order valence-corrected chi connectivity index (χ3v) is 5.96. The number of aliphatic hydroxyl groups is 1. The van der Waals surface area contributed by atoms with Crippen LogP contribution in [0.5, 0.6) is 5.75 Å². The van der Waals surface area contributed by atoms with Crippen molar-refractivity contribution in [3.05, 3.63) is 59.9 Å². The van der Waals surface area contributed by atoms with Crippen LogP contribution in [-0.2, 0) is 13.2 Å². The highest BCUT2D eigenvalue weighted by molar-refractivity contribution is 5.27. The van der Waals surface area contributed by atoms with Gasteiger partial charge in [-0.1, -0.05) is 18.2 Å². The zero-order chi connectivity index (χ0) is 21.0. The van der Waals surface area contributed by atoms with Gasteiger partial charge in [-0.2, -0.15) is 0 Å². The molecule has 0 bridgehead atoms. The van der Waals surface area contributed by atoms with Gasteiger partial charge in [-0.15, -0.1) is 0 Å². The highest BCUT2D eigenvalue weighted by atomic mass is 19.3. The van der Waals surface area contributed by atoms with Crippen LogP contribution in [0.25, 0.3) is 0 Å². The summed E-state index contributed by atoms with van der Waals surface area (Å²) < 4.78 is 32.5. The summed E-state index contributed by atoms with van der Waals surface area (Å²) in [5.74, 6) is -1.75. The summed E-state index contributed by atoms with van der Waals surface area (Å²) in [5, 5.41) is 10.9. The second kappa shape index (κ2) is 8.96. The molecule has 0 radical (unpaired) electrons. The zero-order valence-electron chi connectivity index (χ0n) is 17.1. The molecule has 1 aromatic carbocycles. The molecule has 0 amide bonds. The third kappa shape index (κ3) is 5.74. The van der Waals surface area contributed by atoms with Crippen LogP contribution < -0.4 is 4.74 Å². The molecule has 1 N–H and O–H groups in total. The van der Waals surface area contributed by atoms with Crippen molar-refractivity contribution >= 4 is 0 Å². The van der Waals surface area contributed by atoms with Gasteiger partial charge in [0.1, 0.15) is 12.4 Å². The van der Waals surface area contributed by atoms with Gasteiger partial charge in [0.2, 0.25) is 0 Å². The lowest BCUT2D eigenvalue weighted by Crippen LogP contribution is -2.49. The Bertz CT molecular complexity index is 809. The van der Waals surface area contributed by atoms with Crippen molar-refractivity contribution in [3.63, 3.8) is 0 Å². The molecule has 0 aliphatic carbocycles. The lowest BCUT2D eigenvalue weighted by molar-refractivity contribution is -0.0724. The Hall–Kier alpha value is -2.09. The number of β-amino-alcohol motifs (C(OH)–C–C–N with tert-alkyl or cyclic N) is 1. The highest BCUT2D eigenvalue weighted by Crippen LogP contribution is 2.30. The van der Waals surface area contributed by atoms with Crippen LogP contribution in [0.1, 0.15) is 30.5 Å². The minimum absolute atomic E-state index is 0.110. The predicted octanol–water partition coefficient (Wildman–Crippen LogP) is 3.33. The molecule has 0 unspecified atom stereocenters. The first-order valence-electron chi connectivity index (χ1n) is 10.6. The Morgan fingerprint density at radius 3 is 2.40 bits per heavy atom. The molecule has 7 heteroatoms. The van der Waals surface area contributed by atoms with Crippen molar-refractivity contribution in [1.29, 1.82) is 0 Å². The van der Waals surface area contributed by atoms with E-state index < -0.39 is 11.5 Å². The average molecular weight is 418 g/mol. The minimum atomic E-state index is -2.55. The van der Waals surface area contributed by atoms with Gasteiger partial charge in [0.25, 0.3) is 5.92 Å². The molecule has 2 aliphatic rings. The number of benzene rings is 1. The van der Waals surface area contributed by atoms with Crippen LogP contribution >= 0.6 is 0 Å². The number of rotatable bonds is 7. The van der Waals surface area contributed by atoms with Gasteiger partial charge in [0.05, 0.1) is 11.3 Å². The highest BCUT2D eigenvalue weighted by Gasteiger charge is 2.40. The third-order valence-electron chi connectivity index (χ3n) is 5.96. The van der Waals surface area contributed by atoms with Crippen LogP contribution in [0, 0.1) is 0 Å². The smallest absolute Gasteiger partial charge is 0.250 e. The Kier molecular flexibility index (Phi) is 6.32. The summed E-state index contributed by atoms with van der Waals surface area (Å²) >= 11 is 0. The van der Waals surface area contributed by atoms with Crippen molar-refractivity contribution in [1.82, 2.24) is 14.8 Å². The summed E-state index contributed by atoms with van der Waals surface area (Å²) in [6, 6.07) is 13.7. The first kappa shape index (κ1) is 21.2. The fourth-order valence-electron chi connectivity index (χ4n) is 4.25. The van der Waals surface area contributed by atoms with Gasteiger partial charge in [0.15, 0.2) is 0 Å². The number of piperidine rings is 1. The van der Waals surface area contributed by atoms with Gasteiger partial charge >= 0.3 is 0 Å². The molecular weight excluding hydrogens is 388 g/mol. The summed E-state index contributed by atoms with van der Waals surface area (Å²) in [6.45, 7) is 3.74. The van der Waals surface area contributed by atoms with E-state index in [9.17, 15) is 13.9 Å². The maximum absolute atomic E-state index is 13.3. The van der Waals surface area contributed by atoms with Crippen molar-refractivity contribution in [2.45, 2.75) is 43.9 Å². The number of likely N-dealkylation sites (tertiary alicyclic amines) is 2. The van der Waals surface area contributed by atoms with E-state index in [0.29, 0.717) is 39.2 Å². The number of halogens is 2. The number of nitrogens with zero attached hydrogens (tertiary/aromatic N) is 3. The Morgan fingerprint density at radius 1 is 0.967 bits per heavy atom. The Labute approximate surface area is 176 Å². The summed E-state index contributed by atoms with van der Waals surface area (Å²) in [7, 11) is 0. The monoisotopic (exact) mass is 417 g/mol. The first-order chi connectivity index (χ1) is 14.4. The fourth-order valence-corrected chi connectivity index (χ4v) is 4.25. The molecule has 2 aromatic rings. The molecule has 1 aromatic heterocycles. The van der Waals surface area contributed by atoms with E-state index in [0.717, 1.165) is 30.1 Å². The number of ether oxygens (including phenoxy) is 1. The summed E-state index contributed by atoms with van der Waals surface area (Å²) in [4.78, 5) is 8.45. The van der Waals surface area contributed by atoms with Crippen LogP contribution in [0.4, 0.5) is 8.78 Å². The molecule has 2 aliphatic heterocycles. The number of pyridine rings is 1. The van der Waals surface area contributed by atoms with Crippen molar-refractivity contribution in [3.8, 4) is 5.75 Å². The number of hydrogen-bond donors (Lipinski definition) is 1. The van der Waals surface area contributed by atoms with E-state index in [1.54, 1.807) is 6.20 Å². The van der Waals surface area contributed by atoms with Gasteiger partial charge in [-0.05, 0) is 36.2 Å². The second-order valence-corrected chi connectivity index (χ2v) is 8.57. The zero-order valence-corrected chi connectivity index (χ0v) is 17.1. The first-order valence-corrected chi connectivity index (χ1v) is 10.6. The lowest BCUT2D eigenvalue weighted by atomic mass is 10.00. The van der Waals surface area contributed by atoms with Crippen molar-refractivity contribution < 1.29 is 18.6 Å². The molecule has 2 fully saturated rings. The van der Waals surface area contributed by atoms with Gasteiger partial charge in [0, 0.05) is 58.3 Å². The SMILES string of the molecule is O[C@]1(CN2CCC(F)(F)CC2)CCN(Cc2ccc(OCc3ccccn3)cc2)C1. The van der Waals surface area contributed by atoms with E-state index in [2.05, 4.69) is 9.88 Å². The van der Waals surface area contributed by atoms with Crippen LogP contribution in [-0.4, -0.2) is 64.1 Å². The van der Waals surface area contributed by atoms with Gasteiger partial charge in [-0.25, -0.2) is 8.78 Å². The largest absolute Gasteiger partial charge is 0.487 e. The Morgan fingerprint density at radius 2 is 1.70 bits per heavy atom. The molecule has 30 heavy (non-hydrogen) atoms. The molecule has 3 heterocycles. The maximum atomic E-state index is 13.3. The summed E-state index contributed by atoms with van der Waals surface area (Å²) in [5.41, 5.74) is 1.22. The predicted molar refractivity (Wildman–Crippen MR) is 110 cm³/mol. The normalized spacial score (nSPS) is 24.8. The molecule has 2 saturated heterocycles. The van der Waals surface area contributed by atoms with E-state index >= 15 is 0 Å².